The fourth-order valence-corrected chi connectivity index (χ4v) is 3.10. The van der Waals surface area contributed by atoms with Gasteiger partial charge in [0.15, 0.2) is 5.65 Å². The molecule has 0 bridgehead atoms. The first-order valence-corrected chi connectivity index (χ1v) is 7.49. The zero-order valence-electron chi connectivity index (χ0n) is 11.3. The largest absolute Gasteiger partial charge is 0.336 e. The van der Waals surface area contributed by atoms with Crippen LogP contribution in [0.1, 0.15) is 22.1 Å². The Balaban J connectivity index is 1.56. The van der Waals surface area contributed by atoms with E-state index in [1.54, 1.807) is 32.9 Å². The van der Waals surface area contributed by atoms with Gasteiger partial charge in [-0.3, -0.25) is 4.79 Å². The number of hydrogen-bond acceptors (Lipinski definition) is 6. The van der Waals surface area contributed by atoms with Crippen LogP contribution < -0.4 is 0 Å². The number of carbonyl (C=O) groups excluding carboxylic acids is 1. The summed E-state index contributed by atoms with van der Waals surface area (Å²) in [4.78, 5) is 26.6. The molecule has 0 N–H and O–H groups in total. The zero-order valence-corrected chi connectivity index (χ0v) is 12.1. The summed E-state index contributed by atoms with van der Waals surface area (Å²) in [5.41, 5.74) is 4.71. The maximum atomic E-state index is 12.2. The molecule has 4 rings (SSSR count). The SMILES string of the molecule is Cn1nc(C2CN(C(=O)c3cscn3)C2)c2nccnc21. The first-order valence-electron chi connectivity index (χ1n) is 6.55. The van der Waals surface area contributed by atoms with Gasteiger partial charge >= 0.3 is 0 Å². The molecule has 0 radical (unpaired) electrons. The average Bonchev–Trinajstić information content (AvgIpc) is 3.07. The van der Waals surface area contributed by atoms with E-state index >= 15 is 0 Å². The van der Waals surface area contributed by atoms with Crippen LogP contribution in [0, 0.1) is 0 Å². The van der Waals surface area contributed by atoms with Gasteiger partial charge < -0.3 is 4.90 Å². The van der Waals surface area contributed by atoms with Crippen molar-refractivity contribution in [1.82, 2.24) is 29.6 Å². The Labute approximate surface area is 124 Å². The summed E-state index contributed by atoms with van der Waals surface area (Å²) in [5, 5.41) is 6.28. The minimum Gasteiger partial charge on any atom is -0.336 e. The van der Waals surface area contributed by atoms with Crippen LogP contribution in [0.25, 0.3) is 11.2 Å². The summed E-state index contributed by atoms with van der Waals surface area (Å²) < 4.78 is 1.74. The summed E-state index contributed by atoms with van der Waals surface area (Å²) in [7, 11) is 1.86. The van der Waals surface area contributed by atoms with E-state index in [0.717, 1.165) is 16.9 Å². The van der Waals surface area contributed by atoms with Gasteiger partial charge in [0, 0.05) is 43.8 Å². The molecule has 1 aliphatic rings. The van der Waals surface area contributed by atoms with Crippen molar-refractivity contribution in [1.29, 1.82) is 0 Å². The van der Waals surface area contributed by atoms with Crippen LogP contribution in [0.2, 0.25) is 0 Å². The van der Waals surface area contributed by atoms with Crippen LogP contribution in [0.3, 0.4) is 0 Å². The zero-order chi connectivity index (χ0) is 14.4. The predicted octanol–water partition coefficient (Wildman–Crippen LogP) is 1.06. The molecule has 4 heterocycles. The number of hydrogen-bond donors (Lipinski definition) is 0. The summed E-state index contributed by atoms with van der Waals surface area (Å²) in [6.07, 6.45) is 3.33. The molecule has 0 atom stereocenters. The van der Waals surface area contributed by atoms with Crippen molar-refractivity contribution in [3.05, 3.63) is 34.7 Å². The molecular weight excluding hydrogens is 288 g/mol. The van der Waals surface area contributed by atoms with Crippen molar-refractivity contribution in [3.63, 3.8) is 0 Å². The summed E-state index contributed by atoms with van der Waals surface area (Å²) in [6.45, 7) is 1.30. The molecule has 1 saturated heterocycles. The number of nitrogens with zero attached hydrogens (tertiary/aromatic N) is 6. The Morgan fingerprint density at radius 2 is 2.10 bits per heavy atom. The maximum absolute atomic E-state index is 12.2. The number of amides is 1. The quantitative estimate of drug-likeness (QED) is 0.707. The Bertz CT molecular complexity index is 805. The Morgan fingerprint density at radius 1 is 1.29 bits per heavy atom. The lowest BCUT2D eigenvalue weighted by Crippen LogP contribution is -2.48. The molecule has 0 spiro atoms. The highest BCUT2D eigenvalue weighted by Crippen LogP contribution is 2.30. The van der Waals surface area contributed by atoms with Gasteiger partial charge in [-0.15, -0.1) is 11.3 Å². The van der Waals surface area contributed by atoms with Gasteiger partial charge in [0.1, 0.15) is 11.2 Å². The molecule has 8 heteroatoms. The van der Waals surface area contributed by atoms with Gasteiger partial charge in [-0.25, -0.2) is 19.6 Å². The lowest BCUT2D eigenvalue weighted by Gasteiger charge is -2.37. The molecular formula is C13H12N6OS. The molecule has 3 aromatic rings. The minimum absolute atomic E-state index is 0.0150. The molecule has 1 amide bonds. The number of likely N-dealkylation sites (tertiary alicyclic amines) is 1. The molecule has 106 valence electrons. The highest BCUT2D eigenvalue weighted by atomic mass is 32.1. The highest BCUT2D eigenvalue weighted by molar-refractivity contribution is 7.07. The monoisotopic (exact) mass is 300 g/mol. The number of fused-ring (bicyclic) bond motifs is 1. The lowest BCUT2D eigenvalue weighted by molar-refractivity contribution is 0.0594. The third-order valence-electron chi connectivity index (χ3n) is 3.69. The van der Waals surface area contributed by atoms with E-state index in [4.69, 9.17) is 0 Å². The van der Waals surface area contributed by atoms with E-state index in [-0.39, 0.29) is 11.8 Å². The van der Waals surface area contributed by atoms with Crippen molar-refractivity contribution in [3.8, 4) is 0 Å². The van der Waals surface area contributed by atoms with E-state index in [1.165, 1.54) is 11.3 Å². The van der Waals surface area contributed by atoms with Crippen LogP contribution in [0.15, 0.2) is 23.3 Å². The van der Waals surface area contributed by atoms with Crippen molar-refractivity contribution >= 4 is 28.4 Å². The van der Waals surface area contributed by atoms with Gasteiger partial charge in [0.25, 0.3) is 5.91 Å². The molecule has 1 fully saturated rings. The maximum Gasteiger partial charge on any atom is 0.273 e. The van der Waals surface area contributed by atoms with Crippen LogP contribution in [0.4, 0.5) is 0 Å². The molecule has 0 aliphatic carbocycles. The second kappa shape index (κ2) is 4.59. The third kappa shape index (κ3) is 1.90. The standard InChI is InChI=1S/C13H12N6OS/c1-18-12-11(14-2-3-15-12)10(17-18)8-4-19(5-8)13(20)9-6-21-7-16-9/h2-3,6-8H,4-5H2,1H3. The van der Waals surface area contributed by atoms with Gasteiger partial charge in [0.05, 0.1) is 11.2 Å². The number of rotatable bonds is 2. The van der Waals surface area contributed by atoms with Gasteiger partial charge in [-0.1, -0.05) is 0 Å². The second-order valence-electron chi connectivity index (χ2n) is 5.02. The number of carbonyl (C=O) groups is 1. The van der Waals surface area contributed by atoms with Crippen LogP contribution >= 0.6 is 11.3 Å². The number of thiazole rings is 1. The normalized spacial score (nSPS) is 15.4. The topological polar surface area (TPSA) is 76.8 Å². The number of aromatic nitrogens is 5. The predicted molar refractivity (Wildman–Crippen MR) is 77.1 cm³/mol. The average molecular weight is 300 g/mol. The molecule has 3 aromatic heterocycles. The Kier molecular flexibility index (Phi) is 2.71. The first-order chi connectivity index (χ1) is 10.2. The van der Waals surface area contributed by atoms with E-state index in [1.807, 2.05) is 7.05 Å². The van der Waals surface area contributed by atoms with E-state index < -0.39 is 0 Å². The van der Waals surface area contributed by atoms with Crippen molar-refractivity contribution in [2.24, 2.45) is 7.05 Å². The second-order valence-corrected chi connectivity index (χ2v) is 5.74. The summed E-state index contributed by atoms with van der Waals surface area (Å²) in [5.74, 6) is 0.201. The van der Waals surface area contributed by atoms with Crippen LogP contribution in [0.5, 0.6) is 0 Å². The number of aryl methyl sites for hydroxylation is 1. The summed E-state index contributed by atoms with van der Waals surface area (Å²) in [6, 6.07) is 0. The molecule has 1 aliphatic heterocycles. The van der Waals surface area contributed by atoms with E-state index in [2.05, 4.69) is 20.1 Å². The molecule has 0 saturated carbocycles. The smallest absolute Gasteiger partial charge is 0.273 e. The molecule has 21 heavy (non-hydrogen) atoms. The third-order valence-corrected chi connectivity index (χ3v) is 4.28. The van der Waals surface area contributed by atoms with Gasteiger partial charge in [-0.2, -0.15) is 5.10 Å². The summed E-state index contributed by atoms with van der Waals surface area (Å²) >= 11 is 1.43. The highest BCUT2D eigenvalue weighted by Gasteiger charge is 2.36. The van der Waals surface area contributed by atoms with Crippen molar-refractivity contribution in [2.45, 2.75) is 5.92 Å². The molecule has 0 unspecified atom stereocenters. The molecule has 0 aromatic carbocycles. The van der Waals surface area contributed by atoms with Crippen LogP contribution in [-0.4, -0.2) is 48.6 Å². The fraction of sp³-hybridized carbons (Fsp3) is 0.308. The Hall–Kier alpha value is -2.35. The lowest BCUT2D eigenvalue weighted by atomic mass is 9.95. The van der Waals surface area contributed by atoms with Gasteiger partial charge in [-0.05, 0) is 0 Å². The fourth-order valence-electron chi connectivity index (χ4n) is 2.58. The minimum atomic E-state index is -0.0150. The van der Waals surface area contributed by atoms with E-state index in [9.17, 15) is 4.79 Å². The Morgan fingerprint density at radius 3 is 2.86 bits per heavy atom. The first kappa shape index (κ1) is 12.4. The van der Waals surface area contributed by atoms with Gasteiger partial charge in [0.2, 0.25) is 0 Å². The van der Waals surface area contributed by atoms with Crippen molar-refractivity contribution in [2.75, 3.05) is 13.1 Å². The van der Waals surface area contributed by atoms with E-state index in [0.29, 0.717) is 18.8 Å². The molecule has 7 nitrogen and oxygen atoms in total. The van der Waals surface area contributed by atoms with Crippen LogP contribution in [-0.2, 0) is 7.05 Å². The van der Waals surface area contributed by atoms with Crippen molar-refractivity contribution < 1.29 is 4.79 Å².